The van der Waals surface area contributed by atoms with Gasteiger partial charge in [0, 0.05) is 16.5 Å². The maximum atomic E-state index is 2.41. The number of benzene rings is 7. The van der Waals surface area contributed by atoms with Gasteiger partial charge in [0.1, 0.15) is 0 Å². The van der Waals surface area contributed by atoms with E-state index in [4.69, 9.17) is 0 Å². The van der Waals surface area contributed by atoms with Gasteiger partial charge in [-0.05, 0) is 79.8 Å². The quantitative estimate of drug-likeness (QED) is 0.237. The summed E-state index contributed by atoms with van der Waals surface area (Å²) < 4.78 is 2.41. The van der Waals surface area contributed by atoms with Crippen LogP contribution in [0, 0.1) is 0 Å². The largest absolute Gasteiger partial charge is 0.309 e. The fourth-order valence-corrected chi connectivity index (χ4v) is 5.94. The molecule has 1 heterocycles. The van der Waals surface area contributed by atoms with Gasteiger partial charge in [-0.2, -0.15) is 0 Å². The molecule has 0 bridgehead atoms. The first kappa shape index (κ1) is 20.3. The lowest BCUT2D eigenvalue weighted by Crippen LogP contribution is -1.93. The van der Waals surface area contributed by atoms with Crippen molar-refractivity contribution in [2.24, 2.45) is 0 Å². The highest BCUT2D eigenvalue weighted by molar-refractivity contribution is 6.21. The Labute approximate surface area is 214 Å². The van der Waals surface area contributed by atoms with Gasteiger partial charge < -0.3 is 4.57 Å². The zero-order valence-corrected chi connectivity index (χ0v) is 20.2. The van der Waals surface area contributed by atoms with Crippen LogP contribution < -0.4 is 0 Å². The van der Waals surface area contributed by atoms with E-state index in [1.54, 1.807) is 0 Å². The van der Waals surface area contributed by atoms with Gasteiger partial charge in [0.05, 0.1) is 11.0 Å². The average Bonchev–Trinajstić information content (AvgIpc) is 3.31. The normalized spacial score (nSPS) is 11.8. The summed E-state index contributed by atoms with van der Waals surface area (Å²) in [6, 6.07) is 50.9. The summed E-state index contributed by atoms with van der Waals surface area (Å²) in [7, 11) is 0. The zero-order chi connectivity index (χ0) is 24.3. The van der Waals surface area contributed by atoms with Crippen molar-refractivity contribution in [2.45, 2.75) is 0 Å². The summed E-state index contributed by atoms with van der Waals surface area (Å²) >= 11 is 0. The molecule has 0 N–H and O–H groups in total. The molecule has 7 aromatic carbocycles. The molecular weight excluding hydrogens is 446 g/mol. The molecule has 1 aromatic heterocycles. The number of rotatable bonds is 2. The molecule has 0 unspecified atom stereocenters. The van der Waals surface area contributed by atoms with Gasteiger partial charge in [0.15, 0.2) is 0 Å². The molecule has 1 heteroatoms. The van der Waals surface area contributed by atoms with Crippen LogP contribution in [0.1, 0.15) is 0 Å². The van der Waals surface area contributed by atoms with Crippen LogP contribution in [0.5, 0.6) is 0 Å². The molecule has 1 nitrogen and oxygen atoms in total. The van der Waals surface area contributed by atoms with E-state index in [1.807, 2.05) is 0 Å². The molecule has 8 rings (SSSR count). The van der Waals surface area contributed by atoms with Crippen molar-refractivity contribution in [3.8, 4) is 16.8 Å². The monoisotopic (exact) mass is 469 g/mol. The minimum Gasteiger partial charge on any atom is -0.309 e. The van der Waals surface area contributed by atoms with Crippen LogP contribution in [-0.4, -0.2) is 4.57 Å². The van der Waals surface area contributed by atoms with Crippen molar-refractivity contribution in [3.05, 3.63) is 140 Å². The molecule has 0 spiro atoms. The molecule has 8 aromatic rings. The second kappa shape index (κ2) is 7.81. The molecule has 0 radical (unpaired) electrons. The summed E-state index contributed by atoms with van der Waals surface area (Å²) in [4.78, 5) is 0. The first-order chi connectivity index (χ1) is 18.3. The predicted octanol–water partition coefficient (Wildman–Crippen LogP) is 9.91. The van der Waals surface area contributed by atoms with Crippen molar-refractivity contribution < 1.29 is 0 Å². The summed E-state index contributed by atoms with van der Waals surface area (Å²) in [5.74, 6) is 0. The second-order valence-electron chi connectivity index (χ2n) is 9.84. The Kier molecular flexibility index (Phi) is 4.29. The number of para-hydroxylation sites is 1. The lowest BCUT2D eigenvalue weighted by molar-refractivity contribution is 1.19. The molecule has 0 amide bonds. The first-order valence-corrected chi connectivity index (χ1v) is 12.8. The predicted molar refractivity (Wildman–Crippen MR) is 159 cm³/mol. The maximum Gasteiger partial charge on any atom is 0.0547 e. The van der Waals surface area contributed by atoms with Gasteiger partial charge in [-0.25, -0.2) is 0 Å². The molecule has 0 aliphatic carbocycles. The lowest BCUT2D eigenvalue weighted by atomic mass is 9.97. The third-order valence-corrected chi connectivity index (χ3v) is 7.73. The van der Waals surface area contributed by atoms with Crippen LogP contribution in [0.15, 0.2) is 140 Å². The van der Waals surface area contributed by atoms with Crippen molar-refractivity contribution in [1.29, 1.82) is 0 Å². The molecule has 0 saturated carbocycles. The highest BCUT2D eigenvalue weighted by Gasteiger charge is 2.15. The van der Waals surface area contributed by atoms with E-state index in [-0.39, 0.29) is 0 Å². The number of fused-ring (bicyclic) bond motifs is 7. The fourth-order valence-electron chi connectivity index (χ4n) is 5.94. The Bertz CT molecular complexity index is 2140. The lowest BCUT2D eigenvalue weighted by Gasteiger charge is -2.10. The minimum absolute atomic E-state index is 1.19. The topological polar surface area (TPSA) is 4.93 Å². The zero-order valence-electron chi connectivity index (χ0n) is 20.2. The van der Waals surface area contributed by atoms with Crippen LogP contribution in [-0.2, 0) is 0 Å². The molecular formula is C36H23N. The molecule has 172 valence electrons. The van der Waals surface area contributed by atoms with Crippen molar-refractivity contribution in [2.75, 3.05) is 0 Å². The second-order valence-corrected chi connectivity index (χ2v) is 9.84. The van der Waals surface area contributed by atoms with E-state index >= 15 is 0 Å². The van der Waals surface area contributed by atoms with Crippen molar-refractivity contribution in [3.63, 3.8) is 0 Å². The van der Waals surface area contributed by atoms with Crippen molar-refractivity contribution in [1.82, 2.24) is 4.57 Å². The Morgan fingerprint density at radius 3 is 1.76 bits per heavy atom. The molecule has 0 aliphatic heterocycles. The van der Waals surface area contributed by atoms with Gasteiger partial charge in [-0.1, -0.05) is 103 Å². The van der Waals surface area contributed by atoms with E-state index in [1.165, 1.54) is 70.9 Å². The number of hydrogen-bond acceptors (Lipinski definition) is 0. The Morgan fingerprint density at radius 2 is 0.946 bits per heavy atom. The first-order valence-electron chi connectivity index (χ1n) is 12.8. The van der Waals surface area contributed by atoms with E-state index in [0.29, 0.717) is 0 Å². The van der Waals surface area contributed by atoms with Crippen molar-refractivity contribution >= 4 is 54.1 Å². The molecule has 37 heavy (non-hydrogen) atoms. The number of nitrogens with zero attached hydrogens (tertiary/aromatic N) is 1. The standard InChI is InChI=1S/C36H23N/c1-3-9-26-21-28(14-13-24(26)7-1)29-16-19-32-30(22-29)17-20-35-36(32)33-11-5-6-12-34(33)37(35)31-18-15-25-8-2-4-10-27(25)23-31/h1-23H. The van der Waals surface area contributed by atoms with E-state index in [9.17, 15) is 0 Å². The van der Waals surface area contributed by atoms with Crippen LogP contribution >= 0.6 is 0 Å². The Hall–Kier alpha value is -4.88. The Balaban J connectivity index is 1.37. The third kappa shape index (κ3) is 3.11. The highest BCUT2D eigenvalue weighted by Crippen LogP contribution is 2.38. The van der Waals surface area contributed by atoms with Gasteiger partial charge in [-0.3, -0.25) is 0 Å². The molecule has 0 aliphatic rings. The van der Waals surface area contributed by atoms with Gasteiger partial charge in [-0.15, -0.1) is 0 Å². The molecule has 0 saturated heterocycles. The highest BCUT2D eigenvalue weighted by atomic mass is 15.0. The van der Waals surface area contributed by atoms with Gasteiger partial charge in [0.25, 0.3) is 0 Å². The number of aromatic nitrogens is 1. The smallest absolute Gasteiger partial charge is 0.0547 e. The summed E-state index contributed by atoms with van der Waals surface area (Å²) in [6.45, 7) is 0. The molecule has 0 atom stereocenters. The van der Waals surface area contributed by atoms with E-state index in [2.05, 4.69) is 144 Å². The molecule has 0 fully saturated rings. The van der Waals surface area contributed by atoms with Crippen LogP contribution in [0.3, 0.4) is 0 Å². The minimum atomic E-state index is 1.19. The van der Waals surface area contributed by atoms with Gasteiger partial charge >= 0.3 is 0 Å². The summed E-state index contributed by atoms with van der Waals surface area (Å²) in [5.41, 5.74) is 6.16. The van der Waals surface area contributed by atoms with E-state index < -0.39 is 0 Å². The van der Waals surface area contributed by atoms with Crippen LogP contribution in [0.4, 0.5) is 0 Å². The van der Waals surface area contributed by atoms with E-state index in [0.717, 1.165) is 0 Å². The average molecular weight is 470 g/mol. The summed E-state index contributed by atoms with van der Waals surface area (Å²) in [6.07, 6.45) is 0. The SMILES string of the molecule is c1ccc2cc(-c3ccc4c(ccc5c4c4ccccc4n5-c4ccc5ccccc5c4)c3)ccc2c1. The third-order valence-electron chi connectivity index (χ3n) is 7.73. The Morgan fingerprint density at radius 1 is 0.351 bits per heavy atom. The fraction of sp³-hybridized carbons (Fsp3) is 0. The van der Waals surface area contributed by atoms with Crippen LogP contribution in [0.25, 0.3) is 70.9 Å². The van der Waals surface area contributed by atoms with Gasteiger partial charge in [0.2, 0.25) is 0 Å². The summed E-state index contributed by atoms with van der Waals surface area (Å²) in [5, 5.41) is 10.2. The maximum absolute atomic E-state index is 2.41. The number of hydrogen-bond donors (Lipinski definition) is 0. The van der Waals surface area contributed by atoms with Crippen LogP contribution in [0.2, 0.25) is 0 Å².